The number of nitrogens with zero attached hydrogens (tertiary/aromatic N) is 2. The SMILES string of the molecule is CCc1cc(CC(CSC2CCCCC2)NC)n(CC)n1. The van der Waals surface area contributed by atoms with Crippen LogP contribution in [0.3, 0.4) is 0 Å². The van der Waals surface area contributed by atoms with Crippen molar-refractivity contribution in [3.63, 3.8) is 0 Å². The first-order valence-corrected chi connectivity index (χ1v) is 9.66. The van der Waals surface area contributed by atoms with Crippen LogP contribution in [-0.2, 0) is 19.4 Å². The summed E-state index contributed by atoms with van der Waals surface area (Å²) in [6.45, 7) is 5.34. The van der Waals surface area contributed by atoms with Gasteiger partial charge in [-0.05, 0) is 39.3 Å². The predicted molar refractivity (Wildman–Crippen MR) is 93.2 cm³/mol. The fraction of sp³-hybridized carbons (Fsp3) is 0.824. The molecule has 1 aromatic heterocycles. The second-order valence-corrected chi connectivity index (χ2v) is 7.41. The van der Waals surface area contributed by atoms with E-state index in [1.807, 2.05) is 0 Å². The van der Waals surface area contributed by atoms with Crippen LogP contribution in [0.1, 0.15) is 57.3 Å². The summed E-state index contributed by atoms with van der Waals surface area (Å²) < 4.78 is 2.18. The van der Waals surface area contributed by atoms with Gasteiger partial charge in [0.25, 0.3) is 0 Å². The van der Waals surface area contributed by atoms with Crippen LogP contribution in [0.4, 0.5) is 0 Å². The minimum atomic E-state index is 0.559. The first-order valence-electron chi connectivity index (χ1n) is 8.61. The van der Waals surface area contributed by atoms with Gasteiger partial charge in [-0.1, -0.05) is 26.2 Å². The molecule has 120 valence electrons. The lowest BCUT2D eigenvalue weighted by Crippen LogP contribution is -2.32. The van der Waals surface area contributed by atoms with Crippen LogP contribution < -0.4 is 5.32 Å². The summed E-state index contributed by atoms with van der Waals surface area (Å²) in [5.74, 6) is 1.22. The van der Waals surface area contributed by atoms with E-state index in [0.717, 1.165) is 24.6 Å². The fourth-order valence-electron chi connectivity index (χ4n) is 3.11. The normalized spacial score (nSPS) is 18.0. The molecule has 2 rings (SSSR count). The maximum absolute atomic E-state index is 4.67. The third-order valence-corrected chi connectivity index (χ3v) is 6.06. The Labute approximate surface area is 134 Å². The van der Waals surface area contributed by atoms with Crippen LogP contribution in [0.15, 0.2) is 6.07 Å². The van der Waals surface area contributed by atoms with Crippen molar-refractivity contribution in [3.05, 3.63) is 17.5 Å². The van der Waals surface area contributed by atoms with Gasteiger partial charge in [0.1, 0.15) is 0 Å². The molecule has 1 heterocycles. The lowest BCUT2D eigenvalue weighted by molar-refractivity contribution is 0.513. The summed E-state index contributed by atoms with van der Waals surface area (Å²) >= 11 is 2.18. The molecule has 0 aromatic carbocycles. The Morgan fingerprint density at radius 1 is 1.33 bits per heavy atom. The Bertz CT molecular complexity index is 410. The van der Waals surface area contributed by atoms with Crippen molar-refractivity contribution < 1.29 is 0 Å². The van der Waals surface area contributed by atoms with Crippen molar-refractivity contribution in [1.82, 2.24) is 15.1 Å². The molecule has 1 saturated carbocycles. The highest BCUT2D eigenvalue weighted by molar-refractivity contribution is 7.99. The predicted octanol–water partition coefficient (Wildman–Crippen LogP) is 3.66. The molecule has 1 fully saturated rings. The van der Waals surface area contributed by atoms with E-state index < -0.39 is 0 Å². The quantitative estimate of drug-likeness (QED) is 0.795. The Kier molecular flexibility index (Phi) is 7.11. The number of hydrogen-bond donors (Lipinski definition) is 1. The van der Waals surface area contributed by atoms with Gasteiger partial charge in [-0.2, -0.15) is 16.9 Å². The van der Waals surface area contributed by atoms with E-state index in [1.54, 1.807) is 0 Å². The molecule has 0 spiro atoms. The Balaban J connectivity index is 1.87. The molecular formula is C17H31N3S. The largest absolute Gasteiger partial charge is 0.316 e. The summed E-state index contributed by atoms with van der Waals surface area (Å²) in [7, 11) is 2.10. The second kappa shape index (κ2) is 8.84. The van der Waals surface area contributed by atoms with Gasteiger partial charge in [-0.15, -0.1) is 0 Å². The highest BCUT2D eigenvalue weighted by atomic mass is 32.2. The van der Waals surface area contributed by atoms with Crippen LogP contribution in [0.25, 0.3) is 0 Å². The molecule has 3 nitrogen and oxygen atoms in total. The molecule has 4 heteroatoms. The van der Waals surface area contributed by atoms with E-state index in [2.05, 4.69) is 53.8 Å². The minimum absolute atomic E-state index is 0.559. The Hall–Kier alpha value is -0.480. The van der Waals surface area contributed by atoms with Crippen molar-refractivity contribution in [2.45, 2.75) is 76.6 Å². The van der Waals surface area contributed by atoms with Crippen LogP contribution in [0, 0.1) is 0 Å². The summed E-state index contributed by atoms with van der Waals surface area (Å²) in [5, 5.41) is 9.07. The van der Waals surface area contributed by atoms with Crippen LogP contribution in [0.2, 0.25) is 0 Å². The molecule has 0 aliphatic heterocycles. The molecule has 1 unspecified atom stereocenters. The zero-order chi connectivity index (χ0) is 15.1. The molecule has 1 aromatic rings. The van der Waals surface area contributed by atoms with E-state index >= 15 is 0 Å². The lowest BCUT2D eigenvalue weighted by Gasteiger charge is -2.24. The van der Waals surface area contributed by atoms with Gasteiger partial charge in [0, 0.05) is 35.7 Å². The van der Waals surface area contributed by atoms with Crippen LogP contribution in [0.5, 0.6) is 0 Å². The van der Waals surface area contributed by atoms with E-state index in [1.165, 1.54) is 49.2 Å². The van der Waals surface area contributed by atoms with Crippen LogP contribution in [-0.4, -0.2) is 33.9 Å². The molecule has 1 aliphatic carbocycles. The number of nitrogens with one attached hydrogen (secondary N) is 1. The lowest BCUT2D eigenvalue weighted by atomic mass is 10.0. The van der Waals surface area contributed by atoms with Crippen molar-refractivity contribution in [2.24, 2.45) is 0 Å². The Morgan fingerprint density at radius 2 is 2.10 bits per heavy atom. The molecule has 21 heavy (non-hydrogen) atoms. The molecule has 1 N–H and O–H groups in total. The number of aromatic nitrogens is 2. The van der Waals surface area contributed by atoms with E-state index in [-0.39, 0.29) is 0 Å². The van der Waals surface area contributed by atoms with E-state index in [9.17, 15) is 0 Å². The van der Waals surface area contributed by atoms with Crippen LogP contribution >= 0.6 is 11.8 Å². The molecular weight excluding hydrogens is 278 g/mol. The van der Waals surface area contributed by atoms with Gasteiger partial charge in [0.15, 0.2) is 0 Å². The summed E-state index contributed by atoms with van der Waals surface area (Å²) in [4.78, 5) is 0. The molecule has 0 amide bonds. The zero-order valence-electron chi connectivity index (χ0n) is 13.9. The average Bonchev–Trinajstić information content (AvgIpc) is 2.94. The zero-order valence-corrected chi connectivity index (χ0v) is 14.7. The van der Waals surface area contributed by atoms with Crippen molar-refractivity contribution in [2.75, 3.05) is 12.8 Å². The summed E-state index contributed by atoms with van der Waals surface area (Å²) in [5.41, 5.74) is 2.61. The Morgan fingerprint density at radius 3 is 2.71 bits per heavy atom. The number of aryl methyl sites for hydroxylation is 2. The number of thioether (sulfide) groups is 1. The average molecular weight is 310 g/mol. The van der Waals surface area contributed by atoms with E-state index in [0.29, 0.717) is 6.04 Å². The van der Waals surface area contributed by atoms with Gasteiger partial charge in [-0.25, -0.2) is 0 Å². The number of hydrogen-bond acceptors (Lipinski definition) is 3. The maximum atomic E-state index is 4.67. The monoisotopic (exact) mass is 309 g/mol. The van der Waals surface area contributed by atoms with Crippen molar-refractivity contribution >= 4 is 11.8 Å². The molecule has 1 atom stereocenters. The summed E-state index contributed by atoms with van der Waals surface area (Å²) in [6, 6.07) is 2.85. The molecule has 1 aliphatic rings. The third-order valence-electron chi connectivity index (χ3n) is 4.52. The maximum Gasteiger partial charge on any atom is 0.0624 e. The standard InChI is InChI=1S/C17H31N3S/c1-4-14-11-16(20(5-2)19-14)12-15(18-3)13-21-17-9-7-6-8-10-17/h11,15,17-18H,4-10,12-13H2,1-3H3. The van der Waals surface area contributed by atoms with E-state index in [4.69, 9.17) is 0 Å². The van der Waals surface area contributed by atoms with Gasteiger partial charge in [0.2, 0.25) is 0 Å². The topological polar surface area (TPSA) is 29.9 Å². The second-order valence-electron chi connectivity index (χ2n) is 6.08. The number of likely N-dealkylation sites (N-methyl/N-ethyl adjacent to an activating group) is 1. The fourth-order valence-corrected chi connectivity index (χ4v) is 4.56. The molecule has 0 saturated heterocycles. The van der Waals surface area contributed by atoms with Crippen molar-refractivity contribution in [1.29, 1.82) is 0 Å². The first-order chi connectivity index (χ1) is 10.3. The molecule has 0 bridgehead atoms. The highest BCUT2D eigenvalue weighted by Gasteiger charge is 2.17. The highest BCUT2D eigenvalue weighted by Crippen LogP contribution is 2.28. The number of rotatable bonds is 8. The first kappa shape index (κ1) is 16.9. The smallest absolute Gasteiger partial charge is 0.0624 e. The van der Waals surface area contributed by atoms with Crippen molar-refractivity contribution in [3.8, 4) is 0 Å². The van der Waals surface area contributed by atoms with Gasteiger partial charge in [0.05, 0.1) is 5.69 Å². The van der Waals surface area contributed by atoms with Gasteiger partial charge in [-0.3, -0.25) is 4.68 Å². The summed E-state index contributed by atoms with van der Waals surface area (Å²) in [6.07, 6.45) is 9.29. The molecule has 0 radical (unpaired) electrons. The minimum Gasteiger partial charge on any atom is -0.316 e. The van der Waals surface area contributed by atoms with Gasteiger partial charge < -0.3 is 5.32 Å². The third kappa shape index (κ3) is 5.03. The van der Waals surface area contributed by atoms with Gasteiger partial charge >= 0.3 is 0 Å².